The Morgan fingerprint density at radius 3 is 1.34 bits per heavy atom. The molecule has 9 rings (SSSR count). The molecule has 0 unspecified atom stereocenters. The average molecular weight is 1390 g/mol. The number of ether oxygens (including phenoxy) is 3. The lowest BCUT2D eigenvalue weighted by molar-refractivity contribution is -0.384. The van der Waals surface area contributed by atoms with E-state index in [1.54, 1.807) is 56.5 Å². The Balaban J connectivity index is 0.000000289. The molecule has 2 aliphatic rings. The molecule has 11 N–H and O–H groups in total. The number of nitro benzene ring substituents is 1. The number of amides is 1. The summed E-state index contributed by atoms with van der Waals surface area (Å²) >= 11 is 9.27. The van der Waals surface area contributed by atoms with Gasteiger partial charge in [0.15, 0.2) is 0 Å². The van der Waals surface area contributed by atoms with Crippen molar-refractivity contribution >= 4 is 124 Å². The van der Waals surface area contributed by atoms with Gasteiger partial charge in [-0.3, -0.25) is 10.1 Å². The molecule has 0 atom stereocenters. The van der Waals surface area contributed by atoms with Crippen molar-refractivity contribution in [3.05, 3.63) is 153 Å². The Hall–Kier alpha value is -5.60. The van der Waals surface area contributed by atoms with Gasteiger partial charge in [0.2, 0.25) is 0 Å². The lowest BCUT2D eigenvalue weighted by atomic mass is 9.75. The van der Waals surface area contributed by atoms with Crippen LogP contribution in [-0.2, 0) is 94.0 Å². The Kier molecular flexibility index (Phi) is 29.7. The molecule has 2 aromatic heterocycles. The molecule has 0 aliphatic heterocycles. The van der Waals surface area contributed by atoms with Gasteiger partial charge in [-0.1, -0.05) is 14.9 Å². The van der Waals surface area contributed by atoms with Crippen molar-refractivity contribution in [3.63, 3.8) is 0 Å². The first-order valence-electron chi connectivity index (χ1n) is 24.7. The van der Waals surface area contributed by atoms with Gasteiger partial charge < -0.3 is 65.9 Å². The first-order valence-corrected chi connectivity index (χ1v) is 35.3. The minimum Gasteiger partial charge on any atom is -0.446 e. The van der Waals surface area contributed by atoms with E-state index in [4.69, 9.17) is 35.3 Å². The average Bonchev–Trinajstić information content (AvgIpc) is 1.66. The normalized spacial score (nSPS) is 15.6. The molecule has 18 nitrogen and oxygen atoms in total. The summed E-state index contributed by atoms with van der Waals surface area (Å²) in [6.45, 7) is -3.26. The van der Waals surface area contributed by atoms with E-state index < -0.39 is 115 Å². The number of aromatic nitrogens is 2. The number of nitrogens with zero attached hydrogens (tertiary/aromatic N) is 1. The number of alkyl carbamates (subject to hydrolysis) is 1. The van der Waals surface area contributed by atoms with E-state index in [2.05, 4.69) is 37.7 Å². The number of halogens is 6. The van der Waals surface area contributed by atoms with Crippen LogP contribution < -0.4 is 15.8 Å². The van der Waals surface area contributed by atoms with Crippen molar-refractivity contribution in [2.45, 2.75) is 75.7 Å². The second-order valence-corrected chi connectivity index (χ2v) is 31.2. The number of carbonyl (C=O) groups is 2. The fourth-order valence-corrected chi connectivity index (χ4v) is 22.3. The number of hydrogen-bond acceptors (Lipinski definition) is 16. The summed E-state index contributed by atoms with van der Waals surface area (Å²) in [6, 6.07) is 20.3. The second-order valence-electron chi connectivity index (χ2n) is 18.9. The molecule has 2 saturated carbocycles. The van der Waals surface area contributed by atoms with Gasteiger partial charge in [-0.05, 0) is 133 Å². The number of H-pyrrole nitrogens is 2. The number of hydrogen-bond donors (Lipinski definition) is 10. The van der Waals surface area contributed by atoms with Crippen molar-refractivity contribution < 1.29 is 85.7 Å². The molecule has 87 heavy (non-hydrogen) atoms. The fourth-order valence-electron chi connectivity index (χ4n) is 8.58. The number of benzene rings is 5. The highest BCUT2D eigenvalue weighted by Gasteiger charge is 2.40. The predicted octanol–water partition coefficient (Wildman–Crippen LogP) is 8.47. The smallest absolute Gasteiger partial charge is 0.446 e. The maximum atomic E-state index is 14.5. The van der Waals surface area contributed by atoms with E-state index in [1.165, 1.54) is 90.6 Å². The minimum atomic E-state index is -1.61. The molecule has 2 heterocycles. The van der Waals surface area contributed by atoms with Gasteiger partial charge in [-0.25, -0.2) is 35.9 Å². The monoisotopic (exact) mass is 1390 g/mol. The third-order valence-corrected chi connectivity index (χ3v) is 26.5. The zero-order chi connectivity index (χ0) is 62.0. The number of carbonyl (C=O) groups excluding carboxylic acids is 2. The number of nitrogens with two attached hydrogens (primary N) is 1. The summed E-state index contributed by atoms with van der Waals surface area (Å²) < 4.78 is 99.5. The van der Waals surface area contributed by atoms with Gasteiger partial charge in [0.1, 0.15) is 58.4 Å². The molecule has 474 valence electrons. The maximum Gasteiger partial charge on any atom is 0.514 e. The number of fused-ring (bicyclic) bond motifs is 2. The van der Waals surface area contributed by atoms with Crippen LogP contribution >= 0.6 is 0 Å². The van der Waals surface area contributed by atoms with Crippen molar-refractivity contribution in [1.29, 1.82) is 0 Å². The van der Waals surface area contributed by atoms with Gasteiger partial charge in [0.25, 0.3) is 5.69 Å². The third-order valence-electron chi connectivity index (χ3n) is 13.2. The van der Waals surface area contributed by atoms with Crippen LogP contribution in [0.2, 0.25) is 0 Å². The van der Waals surface area contributed by atoms with Crippen LogP contribution in [0.3, 0.4) is 0 Å². The number of nitro groups is 1. The molecule has 0 saturated heterocycles. The molecular formula is C54H59F6N5O13S9. The first-order chi connectivity index (χ1) is 40.7. The zero-order valence-electron chi connectivity index (χ0n) is 43.6. The molecule has 33 heteroatoms. The van der Waals surface area contributed by atoms with E-state index >= 15 is 0 Å². The number of aromatic amines is 2. The summed E-state index contributed by atoms with van der Waals surface area (Å²) in [5.74, 6) is -4.08. The number of aliphatic hydroxyl groups is 6. The standard InChI is InChI=1S/C25H17F3N2O5.C23H23F3N2O5.C4H11NO3.2CH4.S9/c26-15-3-1-13(2-4-15)23-22(20-11-16(27)12-21(28)24(20)29-23)14-9-19(10-14)35-25(31)34-18-7-5-17(6-8-18)30(32)33;24-14-3-1-12(2-4-14)20-19(17-7-15(25)8-18(26)21(17)27-20)13-5-16(6-13)33-22(32)28-23(9-29,10-30)11-31;5-4(1-6,2-7)3-8;;;1-3-5-7-9-8-6-4-2/h1-8,11-12,14,19,29H,9-10H2;1-4,7-8,13,16,27,29-31H,5-6,9-11H2,(H,28,32);6-8H,1-3,5H2;2*1H4;. The molecule has 0 radical (unpaired) electrons. The highest BCUT2D eigenvalue weighted by Crippen LogP contribution is 2.48. The summed E-state index contributed by atoms with van der Waals surface area (Å²) in [6.07, 6.45) is -1.40. The lowest BCUT2D eigenvalue weighted by Gasteiger charge is -2.36. The fraction of sp³-hybridized carbons (Fsp3) is 0.333. The van der Waals surface area contributed by atoms with Crippen molar-refractivity contribution in [1.82, 2.24) is 15.3 Å². The Labute approximate surface area is 524 Å². The topological polar surface area (TPSA) is 296 Å². The van der Waals surface area contributed by atoms with Gasteiger partial charge in [0.05, 0.1) is 72.5 Å². The number of non-ortho nitro benzene ring substituents is 1. The Morgan fingerprint density at radius 1 is 0.598 bits per heavy atom. The van der Waals surface area contributed by atoms with Crippen molar-refractivity contribution in [2.75, 3.05) is 39.6 Å². The van der Waals surface area contributed by atoms with Crippen molar-refractivity contribution in [3.8, 4) is 28.3 Å². The maximum absolute atomic E-state index is 14.5. The second kappa shape index (κ2) is 35.0. The molecule has 5 aromatic carbocycles. The molecular weight excluding hydrogens is 1330 g/mol. The zero-order valence-corrected chi connectivity index (χ0v) is 51.0. The van der Waals surface area contributed by atoms with Crippen LogP contribution in [-0.4, -0.2) is 121 Å². The first kappa shape index (κ1) is 73.9. The van der Waals surface area contributed by atoms with E-state index in [9.17, 15) is 61.4 Å². The molecule has 2 aliphatic carbocycles. The summed E-state index contributed by atoms with van der Waals surface area (Å²) in [5, 5.41) is 66.7. The van der Waals surface area contributed by atoms with E-state index in [-0.39, 0.29) is 49.2 Å². The van der Waals surface area contributed by atoms with E-state index in [0.717, 1.165) is 12.1 Å². The highest BCUT2D eigenvalue weighted by atomic mass is 33.4. The van der Waals surface area contributed by atoms with E-state index in [0.29, 0.717) is 70.1 Å². The molecule has 7 aromatic rings. The lowest BCUT2D eigenvalue weighted by Crippen LogP contribution is -2.57. The third kappa shape index (κ3) is 19.9. The largest absolute Gasteiger partial charge is 0.514 e. The Morgan fingerprint density at radius 2 is 0.989 bits per heavy atom. The molecule has 1 amide bonds. The van der Waals surface area contributed by atoms with Gasteiger partial charge in [-0.2, -0.15) is 0 Å². The van der Waals surface area contributed by atoms with Gasteiger partial charge in [0, 0.05) is 120 Å². The van der Waals surface area contributed by atoms with Crippen LogP contribution in [0.5, 0.6) is 5.75 Å². The molecule has 2 fully saturated rings. The van der Waals surface area contributed by atoms with Crippen molar-refractivity contribution in [2.24, 2.45) is 5.73 Å². The molecule has 0 bridgehead atoms. The van der Waals surface area contributed by atoms with Gasteiger partial charge in [-0.15, -0.1) is 0 Å². The van der Waals surface area contributed by atoms with E-state index in [1.807, 2.05) is 0 Å². The van der Waals surface area contributed by atoms with Crippen LogP contribution in [0.4, 0.5) is 41.6 Å². The van der Waals surface area contributed by atoms with Crippen LogP contribution in [0, 0.1) is 45.0 Å². The minimum absolute atomic E-state index is 0. The Bertz CT molecular complexity index is 3760. The molecule has 0 spiro atoms. The van der Waals surface area contributed by atoms with Crippen LogP contribution in [0.1, 0.15) is 63.5 Å². The summed E-state index contributed by atoms with van der Waals surface area (Å²) in [4.78, 5) is 40.4. The van der Waals surface area contributed by atoms with Gasteiger partial charge >= 0.3 is 12.2 Å². The summed E-state index contributed by atoms with van der Waals surface area (Å²) in [5.41, 5.74) is 6.05. The van der Waals surface area contributed by atoms with Crippen LogP contribution in [0.25, 0.3) is 44.3 Å². The number of aliphatic hydroxyl groups excluding tert-OH is 6. The quantitative estimate of drug-likeness (QED) is 0.0151. The highest BCUT2D eigenvalue weighted by molar-refractivity contribution is 8.72. The number of rotatable bonds is 15. The predicted molar refractivity (Wildman–Crippen MR) is 340 cm³/mol. The van der Waals surface area contributed by atoms with Crippen LogP contribution in [0.15, 0.2) is 97.1 Å². The number of nitrogens with one attached hydrogen (secondary N) is 3. The summed E-state index contributed by atoms with van der Waals surface area (Å²) in [7, 11) is 10.9. The SMILES string of the molecule is C.C.NC(CO)(CO)CO.O=C(NC(CO)(CO)CO)OC1CC(c2c(-c3ccc(F)cc3)[nH]c3c(F)cc(F)cc23)C1.O=C(Oc1ccc([N+](=O)[O-])cc1)OC1CC(c2c(-c3ccc(F)cc3)[nH]c3c(F)cc(F)cc23)C1.S=S=S=S=S=S=S=S=S.